The van der Waals surface area contributed by atoms with Crippen LogP contribution in [0.2, 0.25) is 0 Å². The molecule has 4 nitrogen and oxygen atoms in total. The highest BCUT2D eigenvalue weighted by Gasteiger charge is 2.25. The zero-order valence-electron chi connectivity index (χ0n) is 12.7. The predicted octanol–water partition coefficient (Wildman–Crippen LogP) is 2.68. The predicted molar refractivity (Wildman–Crippen MR) is 82.9 cm³/mol. The quantitative estimate of drug-likeness (QED) is 0.929. The smallest absolute Gasteiger partial charge is 0.236 e. The summed E-state index contributed by atoms with van der Waals surface area (Å²) in [6.07, 6.45) is 6.67. The molecule has 0 saturated carbocycles. The molecule has 112 valence electrons. The van der Waals surface area contributed by atoms with E-state index >= 15 is 0 Å². The minimum absolute atomic E-state index is 0.216. The molecule has 0 atom stereocenters. The molecule has 20 heavy (non-hydrogen) atoms. The van der Waals surface area contributed by atoms with Crippen molar-refractivity contribution < 1.29 is 4.79 Å². The van der Waals surface area contributed by atoms with Crippen LogP contribution in [0.25, 0.3) is 0 Å². The van der Waals surface area contributed by atoms with Crippen LogP contribution in [0.4, 0.5) is 0 Å². The van der Waals surface area contributed by atoms with Gasteiger partial charge in [0.15, 0.2) is 0 Å². The number of rotatable bonds is 4. The summed E-state index contributed by atoms with van der Waals surface area (Å²) in [6, 6.07) is 0. The summed E-state index contributed by atoms with van der Waals surface area (Å²) in [5.74, 6) is 0.216. The van der Waals surface area contributed by atoms with Gasteiger partial charge in [0, 0.05) is 24.2 Å². The molecule has 1 amide bonds. The van der Waals surface area contributed by atoms with Gasteiger partial charge in [-0.1, -0.05) is 12.8 Å². The van der Waals surface area contributed by atoms with Crippen molar-refractivity contribution in [2.24, 2.45) is 0 Å². The molecule has 0 bridgehead atoms. The third-order valence-electron chi connectivity index (χ3n) is 3.80. The molecular weight excluding hydrogens is 270 g/mol. The number of thiazole rings is 1. The zero-order chi connectivity index (χ0) is 14.6. The first-order valence-corrected chi connectivity index (χ1v) is 8.26. The molecule has 1 aliphatic rings. The van der Waals surface area contributed by atoms with E-state index < -0.39 is 0 Å². The van der Waals surface area contributed by atoms with Gasteiger partial charge < -0.3 is 4.90 Å². The fraction of sp³-hybridized carbons (Fsp3) is 0.733. The second-order valence-electron chi connectivity index (χ2n) is 6.05. The molecule has 1 fully saturated rings. The van der Waals surface area contributed by atoms with Gasteiger partial charge in [-0.2, -0.15) is 0 Å². The zero-order valence-corrected chi connectivity index (χ0v) is 13.6. The SMILES string of the molecule is Cc1cnc(C(C)(C)NCC(=O)N2CCCCCC2)s1. The Morgan fingerprint density at radius 2 is 2.00 bits per heavy atom. The molecule has 0 unspecified atom stereocenters. The number of hydrogen-bond acceptors (Lipinski definition) is 4. The van der Waals surface area contributed by atoms with E-state index in [0.717, 1.165) is 30.9 Å². The molecule has 0 aliphatic carbocycles. The molecule has 1 aliphatic heterocycles. The number of nitrogens with one attached hydrogen (secondary N) is 1. The topological polar surface area (TPSA) is 45.2 Å². The van der Waals surface area contributed by atoms with E-state index in [4.69, 9.17) is 0 Å². The first-order chi connectivity index (χ1) is 9.49. The van der Waals surface area contributed by atoms with Crippen molar-refractivity contribution in [1.29, 1.82) is 0 Å². The summed E-state index contributed by atoms with van der Waals surface area (Å²) in [5, 5.41) is 4.40. The van der Waals surface area contributed by atoms with Gasteiger partial charge in [-0.15, -0.1) is 11.3 Å². The lowest BCUT2D eigenvalue weighted by atomic mass is 10.1. The Kier molecular flexibility index (Phi) is 5.16. The van der Waals surface area contributed by atoms with Gasteiger partial charge in [0.05, 0.1) is 12.1 Å². The first kappa shape index (κ1) is 15.4. The Morgan fingerprint density at radius 3 is 2.55 bits per heavy atom. The molecule has 1 aromatic heterocycles. The van der Waals surface area contributed by atoms with Crippen LogP contribution < -0.4 is 5.32 Å². The molecule has 5 heteroatoms. The second kappa shape index (κ2) is 6.68. The Morgan fingerprint density at radius 1 is 1.35 bits per heavy atom. The van der Waals surface area contributed by atoms with E-state index in [0.29, 0.717) is 6.54 Å². The molecule has 2 heterocycles. The van der Waals surface area contributed by atoms with Crippen LogP contribution in [0.1, 0.15) is 49.4 Å². The Hall–Kier alpha value is -0.940. The maximum atomic E-state index is 12.3. The molecule has 1 aromatic rings. The van der Waals surface area contributed by atoms with E-state index in [1.54, 1.807) is 11.3 Å². The maximum Gasteiger partial charge on any atom is 0.236 e. The standard InChI is InChI=1S/C15H25N3OS/c1-12-10-16-14(20-12)15(2,3)17-11-13(19)18-8-6-4-5-7-9-18/h10,17H,4-9,11H2,1-3H3. The Bertz CT molecular complexity index is 448. The van der Waals surface area contributed by atoms with Crippen LogP contribution in [0.15, 0.2) is 6.20 Å². The van der Waals surface area contributed by atoms with Crippen molar-refractivity contribution in [1.82, 2.24) is 15.2 Å². The average Bonchev–Trinajstić information content (AvgIpc) is 2.69. The van der Waals surface area contributed by atoms with Crippen LogP contribution >= 0.6 is 11.3 Å². The maximum absolute atomic E-state index is 12.3. The van der Waals surface area contributed by atoms with Gasteiger partial charge in [0.2, 0.25) is 5.91 Å². The van der Waals surface area contributed by atoms with Crippen LogP contribution in [0, 0.1) is 6.92 Å². The summed E-state index contributed by atoms with van der Waals surface area (Å²) in [7, 11) is 0. The summed E-state index contributed by atoms with van der Waals surface area (Å²) < 4.78 is 0. The number of aryl methyl sites for hydroxylation is 1. The van der Waals surface area contributed by atoms with Crippen LogP contribution in [0.3, 0.4) is 0 Å². The average molecular weight is 295 g/mol. The van der Waals surface area contributed by atoms with Crippen molar-refractivity contribution in [3.8, 4) is 0 Å². The van der Waals surface area contributed by atoms with Crippen LogP contribution in [0.5, 0.6) is 0 Å². The van der Waals surface area contributed by atoms with E-state index in [2.05, 4.69) is 31.1 Å². The molecule has 2 rings (SSSR count). The number of carbonyl (C=O) groups excluding carboxylic acids is 1. The van der Waals surface area contributed by atoms with Crippen LogP contribution in [-0.2, 0) is 10.3 Å². The first-order valence-electron chi connectivity index (χ1n) is 7.45. The normalized spacial score (nSPS) is 17.1. The van der Waals surface area contributed by atoms with Gasteiger partial charge in [0.1, 0.15) is 5.01 Å². The minimum atomic E-state index is -0.250. The fourth-order valence-electron chi connectivity index (χ4n) is 2.45. The number of hydrogen-bond donors (Lipinski definition) is 1. The third kappa shape index (κ3) is 4.03. The van der Waals surface area contributed by atoms with Crippen molar-refractivity contribution in [2.75, 3.05) is 19.6 Å². The highest BCUT2D eigenvalue weighted by atomic mass is 32.1. The summed E-state index contributed by atoms with van der Waals surface area (Å²) >= 11 is 1.69. The van der Waals surface area contributed by atoms with Crippen molar-refractivity contribution in [3.05, 3.63) is 16.1 Å². The van der Waals surface area contributed by atoms with Crippen molar-refractivity contribution >= 4 is 17.2 Å². The highest BCUT2D eigenvalue weighted by molar-refractivity contribution is 7.11. The lowest BCUT2D eigenvalue weighted by Gasteiger charge is -2.26. The highest BCUT2D eigenvalue weighted by Crippen LogP contribution is 2.24. The fourth-order valence-corrected chi connectivity index (χ4v) is 3.29. The van der Waals surface area contributed by atoms with Gasteiger partial charge in [0.25, 0.3) is 0 Å². The largest absolute Gasteiger partial charge is 0.342 e. The van der Waals surface area contributed by atoms with E-state index in [9.17, 15) is 4.79 Å². The van der Waals surface area contributed by atoms with Gasteiger partial charge in [-0.25, -0.2) is 4.98 Å². The van der Waals surface area contributed by atoms with Crippen molar-refractivity contribution in [3.63, 3.8) is 0 Å². The minimum Gasteiger partial charge on any atom is -0.342 e. The Labute approximate surface area is 125 Å². The summed E-state index contributed by atoms with van der Waals surface area (Å²) in [4.78, 5) is 19.9. The lowest BCUT2D eigenvalue weighted by Crippen LogP contribution is -2.45. The third-order valence-corrected chi connectivity index (χ3v) is 5.03. The van der Waals surface area contributed by atoms with E-state index in [1.807, 2.05) is 11.1 Å². The number of aromatic nitrogens is 1. The van der Waals surface area contributed by atoms with E-state index in [-0.39, 0.29) is 11.4 Å². The van der Waals surface area contributed by atoms with Gasteiger partial charge in [-0.05, 0) is 33.6 Å². The molecular formula is C15H25N3OS. The Balaban J connectivity index is 1.88. The molecule has 1 N–H and O–H groups in total. The molecule has 0 aromatic carbocycles. The summed E-state index contributed by atoms with van der Waals surface area (Å²) in [6.45, 7) is 8.45. The number of carbonyl (C=O) groups is 1. The molecule has 0 radical (unpaired) electrons. The van der Waals surface area contributed by atoms with Gasteiger partial charge >= 0.3 is 0 Å². The monoisotopic (exact) mass is 295 g/mol. The molecule has 0 spiro atoms. The van der Waals surface area contributed by atoms with Crippen LogP contribution in [-0.4, -0.2) is 35.4 Å². The molecule has 1 saturated heterocycles. The lowest BCUT2D eigenvalue weighted by molar-refractivity contribution is -0.130. The van der Waals surface area contributed by atoms with Crippen molar-refractivity contribution in [2.45, 2.75) is 52.0 Å². The second-order valence-corrected chi connectivity index (χ2v) is 7.28. The summed E-state index contributed by atoms with van der Waals surface area (Å²) in [5.41, 5.74) is -0.250. The number of likely N-dealkylation sites (tertiary alicyclic amines) is 1. The number of amides is 1. The van der Waals surface area contributed by atoms with E-state index in [1.165, 1.54) is 17.7 Å². The van der Waals surface area contributed by atoms with Gasteiger partial charge in [-0.3, -0.25) is 10.1 Å². The number of nitrogens with zero attached hydrogens (tertiary/aromatic N) is 2.